The van der Waals surface area contributed by atoms with Gasteiger partial charge < -0.3 is 26.4 Å². The van der Waals surface area contributed by atoms with E-state index in [2.05, 4.69) is 34.4 Å². The van der Waals surface area contributed by atoms with E-state index >= 15 is 0 Å². The number of ketones is 1. The number of nitrogens with zero attached hydrogens (tertiary/aromatic N) is 2. The molecule has 6 aromatic rings. The van der Waals surface area contributed by atoms with Crippen LogP contribution in [0.1, 0.15) is 57.8 Å². The third kappa shape index (κ3) is 10.6. The summed E-state index contributed by atoms with van der Waals surface area (Å²) in [6, 6.07) is 19.2. The zero-order valence-corrected chi connectivity index (χ0v) is 41.1. The van der Waals surface area contributed by atoms with Gasteiger partial charge in [-0.15, -0.1) is 0 Å². The fourth-order valence-electron chi connectivity index (χ4n) is 7.31. The van der Waals surface area contributed by atoms with Crippen molar-refractivity contribution in [2.45, 2.75) is 36.5 Å². The first-order valence-electron chi connectivity index (χ1n) is 20.8. The molecule has 6 aromatic carbocycles. The monoisotopic (exact) mass is 1050 g/mol. The van der Waals surface area contributed by atoms with E-state index in [1.165, 1.54) is 86.9 Å². The number of carbonyl (C=O) groups excluding carboxylic acids is 6. The van der Waals surface area contributed by atoms with Crippen LogP contribution in [0.4, 0.5) is 11.4 Å². The molecule has 68 heavy (non-hydrogen) atoms. The van der Waals surface area contributed by atoms with Crippen LogP contribution in [-0.2, 0) is 55.5 Å². The van der Waals surface area contributed by atoms with Crippen molar-refractivity contribution in [3.63, 3.8) is 0 Å². The van der Waals surface area contributed by atoms with Crippen LogP contribution in [0.5, 0.6) is 5.75 Å². The molecule has 0 saturated carbocycles. The van der Waals surface area contributed by atoms with Gasteiger partial charge in [0, 0.05) is 116 Å². The van der Waals surface area contributed by atoms with E-state index in [9.17, 15) is 50.7 Å². The van der Waals surface area contributed by atoms with Gasteiger partial charge in [-0.05, 0) is 98.8 Å². The number of phenolic OH excluding ortho intramolecular Hbond substituents is 1. The molecule has 0 bridgehead atoms. The minimum atomic E-state index is -4.68. The van der Waals surface area contributed by atoms with E-state index in [4.69, 9.17) is 0 Å². The Labute approximate surface area is 407 Å². The molecule has 0 aliphatic rings. The van der Waals surface area contributed by atoms with Gasteiger partial charge in [-0.2, -0.15) is 0 Å². The molecule has 6 rings (SSSR count). The Hall–Kier alpha value is -6.95. The van der Waals surface area contributed by atoms with E-state index in [0.717, 1.165) is 20.7 Å². The van der Waals surface area contributed by atoms with Gasteiger partial charge in [0.2, 0.25) is 17.6 Å². The van der Waals surface area contributed by atoms with Crippen LogP contribution in [0, 0.1) is 0 Å². The second-order valence-electron chi connectivity index (χ2n) is 15.7. The zero-order chi connectivity index (χ0) is 49.0. The van der Waals surface area contributed by atoms with Crippen LogP contribution in [0.3, 0.4) is 0 Å². The summed E-state index contributed by atoms with van der Waals surface area (Å²) in [6.07, 6.45) is 0.959. The van der Waals surface area contributed by atoms with Crippen LogP contribution < -0.4 is 29.9 Å². The van der Waals surface area contributed by atoms with Crippen molar-refractivity contribution in [1.82, 2.24) is 21.3 Å². The average molecular weight is 1050 g/mol. The summed E-state index contributed by atoms with van der Waals surface area (Å²) in [4.78, 5) is 72.9. The topological polar surface area (TPSA) is 246 Å². The van der Waals surface area contributed by atoms with E-state index in [-0.39, 0.29) is 113 Å². The van der Waals surface area contributed by atoms with Crippen LogP contribution >= 0.6 is 0 Å². The van der Waals surface area contributed by atoms with Crippen molar-refractivity contribution in [2.75, 3.05) is 48.9 Å². The number of anilines is 2. The minimum absolute atomic E-state index is 0. The Kier molecular flexibility index (Phi) is 16.3. The van der Waals surface area contributed by atoms with Crippen molar-refractivity contribution in [2.24, 2.45) is 0 Å². The van der Waals surface area contributed by atoms with E-state index in [0.29, 0.717) is 37.1 Å². The molecule has 0 spiro atoms. The molecular formula is C48H48MoN6O11S2. The first-order valence-corrected chi connectivity index (χ1v) is 23.7. The van der Waals surface area contributed by atoms with Crippen LogP contribution in [0.25, 0.3) is 32.3 Å². The molecule has 0 aliphatic heterocycles. The first kappa shape index (κ1) is 52.0. The molecule has 0 fully saturated rings. The number of rotatable bonds is 20. The second kappa shape index (κ2) is 21.3. The van der Waals surface area contributed by atoms with Crippen molar-refractivity contribution in [3.8, 4) is 5.75 Å². The molecular weight excluding hydrogens is 997 g/mol. The Morgan fingerprint density at radius 1 is 0.574 bits per heavy atom. The van der Waals surface area contributed by atoms with Gasteiger partial charge in [0.05, 0.1) is 21.2 Å². The zero-order valence-electron chi connectivity index (χ0n) is 37.5. The number of benzene rings is 6. The van der Waals surface area contributed by atoms with Crippen molar-refractivity contribution < 1.29 is 71.8 Å². The number of hydrogen-bond donors (Lipinski definition) is 5. The molecule has 0 radical (unpaired) electrons. The van der Waals surface area contributed by atoms with E-state index in [1.807, 2.05) is 0 Å². The standard InChI is InChI=1S/C48H48N6O11S2.Mo/c1-28(2)45(58)49-21-7-23-51-47(60)30-9-13-32(14-10-30)53(5)66(62,63)41-26-42(37-20-18-35-39(56)25-38(40(57)27-55)34-17-19-36(41)44(37)43(34)35)67(64,65)54(6)33-15-11-31(12-16-33)48(61)52-24-8-22-50-46(59)29(3)4;/h9-20,25-27,56H,1,3,7-8,21-24H2,2,4-6H3,(H,49,58)(H,50,59)(H,51,60)(H,52,61);. The molecule has 0 aliphatic carbocycles. The molecule has 17 nitrogen and oxygen atoms in total. The largest absolute Gasteiger partial charge is 0.507 e. The summed E-state index contributed by atoms with van der Waals surface area (Å²) in [5.41, 5.74) is 1.19. The first-order chi connectivity index (χ1) is 31.7. The molecule has 0 unspecified atom stereocenters. The summed E-state index contributed by atoms with van der Waals surface area (Å²) >= 11 is 0. The summed E-state index contributed by atoms with van der Waals surface area (Å²) in [5.74, 6) is -2.86. The fraction of sp³-hybridized carbons (Fsp3) is 0.208. The number of aldehydes is 1. The minimum Gasteiger partial charge on any atom is -0.507 e. The number of Topliss-reactive ketones (excluding diaryl/α,β-unsaturated/α-hetero) is 1. The van der Waals surface area contributed by atoms with E-state index < -0.39 is 53.2 Å². The molecule has 5 N–H and O–H groups in total. The third-order valence-corrected chi connectivity index (χ3v) is 14.7. The Morgan fingerprint density at radius 3 is 1.34 bits per heavy atom. The maximum atomic E-state index is 14.9. The number of aromatic hydroxyl groups is 1. The maximum Gasteiger partial charge on any atom is 0.264 e. The SMILES string of the molecule is C=C(C)C(=O)NCCCNC(=O)c1ccc(N(C)S(=O)(=O)c2cc(S(=O)(=O)N(C)c3ccc(C(=O)NCCCNC(=O)C(=C)C)cc3)c3ccc4c(C(=O)C=O)cc(O)c5ccc2c3c54)cc1.[Mo]. The van der Waals surface area contributed by atoms with Gasteiger partial charge in [-0.3, -0.25) is 37.4 Å². The van der Waals surface area contributed by atoms with Crippen molar-refractivity contribution in [3.05, 3.63) is 126 Å². The summed E-state index contributed by atoms with van der Waals surface area (Å²) in [6.45, 7) is 11.4. The van der Waals surface area contributed by atoms with Gasteiger partial charge in [-0.1, -0.05) is 31.4 Å². The number of amides is 4. The number of phenols is 1. The van der Waals surface area contributed by atoms with Crippen LogP contribution in [-0.4, -0.2) is 97.9 Å². The van der Waals surface area contributed by atoms with Crippen molar-refractivity contribution in [1.29, 1.82) is 0 Å². The fourth-order valence-corrected chi connectivity index (χ4v) is 10.2. The molecule has 0 saturated heterocycles. The average Bonchev–Trinajstić information content (AvgIpc) is 3.31. The van der Waals surface area contributed by atoms with Gasteiger partial charge in [0.1, 0.15) is 5.75 Å². The second-order valence-corrected chi connectivity index (χ2v) is 19.6. The Bertz CT molecular complexity index is 3090. The molecule has 20 heteroatoms. The Morgan fingerprint density at radius 2 is 0.941 bits per heavy atom. The smallest absolute Gasteiger partial charge is 0.264 e. The van der Waals surface area contributed by atoms with Crippen LogP contribution in [0.2, 0.25) is 0 Å². The molecule has 4 amide bonds. The third-order valence-electron chi connectivity index (χ3n) is 11.1. The maximum absolute atomic E-state index is 14.9. The number of hydrogen-bond acceptors (Lipinski definition) is 11. The predicted octanol–water partition coefficient (Wildman–Crippen LogP) is 4.94. The predicted molar refractivity (Wildman–Crippen MR) is 256 cm³/mol. The van der Waals surface area contributed by atoms with Gasteiger partial charge in [-0.25, -0.2) is 16.8 Å². The summed E-state index contributed by atoms with van der Waals surface area (Å²) in [5, 5.41) is 22.6. The molecule has 0 aromatic heterocycles. The number of sulfonamides is 2. The quantitative estimate of drug-likeness (QED) is 0.0130. The van der Waals surface area contributed by atoms with Gasteiger partial charge in [0.25, 0.3) is 31.9 Å². The summed E-state index contributed by atoms with van der Waals surface area (Å²) in [7, 11) is -6.84. The molecule has 0 heterocycles. The number of carbonyl (C=O) groups is 6. The van der Waals surface area contributed by atoms with Gasteiger partial charge >= 0.3 is 0 Å². The normalized spacial score (nSPS) is 11.4. The molecule has 354 valence electrons. The van der Waals surface area contributed by atoms with Crippen molar-refractivity contribution >= 4 is 99.4 Å². The Balaban J connectivity index is 0.00000864. The molecule has 0 atom stereocenters. The van der Waals surface area contributed by atoms with Gasteiger partial charge in [0.15, 0.2) is 6.29 Å². The summed E-state index contributed by atoms with van der Waals surface area (Å²) < 4.78 is 61.3. The van der Waals surface area contributed by atoms with E-state index in [1.54, 1.807) is 13.8 Å². The van der Waals surface area contributed by atoms with Crippen LogP contribution in [0.15, 0.2) is 119 Å². The number of nitrogens with one attached hydrogen (secondary N) is 4.